The number of carbonyl (C=O) groups is 3. The molecule has 1 fully saturated rings. The molecule has 0 N–H and O–H groups in total. The molecule has 1 atom stereocenters. The summed E-state index contributed by atoms with van der Waals surface area (Å²) in [5, 5.41) is 0. The molecule has 6 nitrogen and oxygen atoms in total. The van der Waals surface area contributed by atoms with Gasteiger partial charge in [0.05, 0.1) is 12.6 Å². The van der Waals surface area contributed by atoms with Crippen molar-refractivity contribution >= 4 is 17.7 Å². The Hall–Kier alpha value is -2.11. The highest BCUT2D eigenvalue weighted by Gasteiger charge is 2.37. The van der Waals surface area contributed by atoms with Gasteiger partial charge in [0.15, 0.2) is 5.78 Å². The fraction of sp³-hybridized carbons (Fsp3) is 0.632. The van der Waals surface area contributed by atoms with E-state index in [9.17, 15) is 14.4 Å². The lowest BCUT2D eigenvalue weighted by Gasteiger charge is -2.24. The molecule has 6 heteroatoms. The van der Waals surface area contributed by atoms with E-state index < -0.39 is 12.0 Å². The van der Waals surface area contributed by atoms with Crippen molar-refractivity contribution in [3.63, 3.8) is 0 Å². The second-order valence-electron chi connectivity index (χ2n) is 6.66. The SMILES string of the molecule is CCOC(=O)c1c(C)c(C(=O)C(C)N(C)C(=O)C2CC2)c(C)n1CC. The van der Waals surface area contributed by atoms with Gasteiger partial charge in [0.25, 0.3) is 0 Å². The Morgan fingerprint density at radius 2 is 1.84 bits per heavy atom. The number of rotatable bonds is 7. The minimum atomic E-state index is -0.562. The predicted molar refractivity (Wildman–Crippen MR) is 94.8 cm³/mol. The minimum Gasteiger partial charge on any atom is -0.461 e. The molecule has 1 aromatic rings. The van der Waals surface area contributed by atoms with Crippen LogP contribution in [-0.4, -0.2) is 46.8 Å². The second kappa shape index (κ2) is 7.42. The van der Waals surface area contributed by atoms with E-state index in [2.05, 4.69) is 0 Å². The first-order valence-electron chi connectivity index (χ1n) is 8.93. The molecule has 1 unspecified atom stereocenters. The Labute approximate surface area is 149 Å². The number of ether oxygens (including phenoxy) is 1. The van der Waals surface area contributed by atoms with Crippen LogP contribution in [0.1, 0.15) is 65.7 Å². The molecule has 1 aromatic heterocycles. The van der Waals surface area contributed by atoms with Crippen LogP contribution in [0.3, 0.4) is 0 Å². The van der Waals surface area contributed by atoms with Gasteiger partial charge in [-0.2, -0.15) is 0 Å². The van der Waals surface area contributed by atoms with Gasteiger partial charge in [-0.05, 0) is 53.0 Å². The third-order valence-corrected chi connectivity index (χ3v) is 5.03. The molecule has 25 heavy (non-hydrogen) atoms. The zero-order valence-electron chi connectivity index (χ0n) is 16.0. The standard InChI is InChI=1S/C19H28N2O4/c1-7-21-12(4)15(11(3)16(21)19(24)25-8-2)17(22)13(5)20(6)18(23)14-9-10-14/h13-14H,7-10H2,1-6H3. The number of likely N-dealkylation sites (N-methyl/N-ethyl adjacent to an activating group) is 1. The van der Waals surface area contributed by atoms with Crippen LogP contribution in [0.5, 0.6) is 0 Å². The van der Waals surface area contributed by atoms with Gasteiger partial charge in [-0.3, -0.25) is 9.59 Å². The average Bonchev–Trinajstić information content (AvgIpc) is 3.38. The molecule has 0 aliphatic heterocycles. The number of nitrogens with zero attached hydrogens (tertiary/aromatic N) is 2. The van der Waals surface area contributed by atoms with E-state index in [4.69, 9.17) is 4.74 Å². The first kappa shape index (κ1) is 19.2. The quantitative estimate of drug-likeness (QED) is 0.561. The molecule has 1 aliphatic carbocycles. The van der Waals surface area contributed by atoms with Crippen molar-refractivity contribution < 1.29 is 19.1 Å². The summed E-state index contributed by atoms with van der Waals surface area (Å²) in [6.07, 6.45) is 1.81. The van der Waals surface area contributed by atoms with Crippen LogP contribution in [0.4, 0.5) is 0 Å². The van der Waals surface area contributed by atoms with Gasteiger partial charge in [-0.25, -0.2) is 4.79 Å². The summed E-state index contributed by atoms with van der Waals surface area (Å²) in [7, 11) is 1.68. The van der Waals surface area contributed by atoms with Gasteiger partial charge in [-0.15, -0.1) is 0 Å². The first-order chi connectivity index (χ1) is 11.8. The van der Waals surface area contributed by atoms with Crippen LogP contribution in [0, 0.1) is 19.8 Å². The normalized spacial score (nSPS) is 15.0. The molecule has 0 saturated heterocycles. The zero-order chi connectivity index (χ0) is 18.9. The fourth-order valence-electron chi connectivity index (χ4n) is 3.31. The summed E-state index contributed by atoms with van der Waals surface area (Å²) in [6, 6.07) is -0.562. The number of ketones is 1. The van der Waals surface area contributed by atoms with Crippen molar-refractivity contribution in [3.05, 3.63) is 22.5 Å². The van der Waals surface area contributed by atoms with E-state index in [0.29, 0.717) is 23.4 Å². The van der Waals surface area contributed by atoms with E-state index in [0.717, 1.165) is 18.5 Å². The number of aromatic nitrogens is 1. The van der Waals surface area contributed by atoms with Crippen LogP contribution >= 0.6 is 0 Å². The van der Waals surface area contributed by atoms with E-state index in [-0.39, 0.29) is 24.2 Å². The maximum atomic E-state index is 13.1. The zero-order valence-corrected chi connectivity index (χ0v) is 16.0. The Morgan fingerprint density at radius 3 is 2.32 bits per heavy atom. The summed E-state index contributed by atoms with van der Waals surface area (Å²) in [5.74, 6) is -0.460. The Balaban J connectivity index is 2.39. The van der Waals surface area contributed by atoms with Crippen molar-refractivity contribution in [1.82, 2.24) is 9.47 Å². The van der Waals surface area contributed by atoms with Gasteiger partial charge in [0, 0.05) is 30.8 Å². The smallest absolute Gasteiger partial charge is 0.355 e. The van der Waals surface area contributed by atoms with Crippen LogP contribution < -0.4 is 0 Å². The molecule has 138 valence electrons. The fourth-order valence-corrected chi connectivity index (χ4v) is 3.31. The highest BCUT2D eigenvalue weighted by Crippen LogP contribution is 2.32. The summed E-state index contributed by atoms with van der Waals surface area (Å²) in [5.41, 5.74) is 2.32. The van der Waals surface area contributed by atoms with Gasteiger partial charge >= 0.3 is 5.97 Å². The summed E-state index contributed by atoms with van der Waals surface area (Å²) >= 11 is 0. The van der Waals surface area contributed by atoms with Gasteiger partial charge in [-0.1, -0.05) is 0 Å². The average molecular weight is 348 g/mol. The third kappa shape index (κ3) is 3.48. The highest BCUT2D eigenvalue weighted by molar-refractivity contribution is 6.06. The summed E-state index contributed by atoms with van der Waals surface area (Å²) in [6.45, 7) is 9.89. The Morgan fingerprint density at radius 1 is 1.24 bits per heavy atom. The molecule has 2 rings (SSSR count). The lowest BCUT2D eigenvalue weighted by atomic mass is 10.00. The maximum absolute atomic E-state index is 13.1. The van der Waals surface area contributed by atoms with Gasteiger partial charge < -0.3 is 14.2 Å². The van der Waals surface area contributed by atoms with Crippen molar-refractivity contribution in [2.45, 2.75) is 60.0 Å². The van der Waals surface area contributed by atoms with Gasteiger partial charge in [0.1, 0.15) is 5.69 Å². The molecule has 0 bridgehead atoms. The molecular formula is C19H28N2O4. The molecule has 1 heterocycles. The molecule has 1 amide bonds. The van der Waals surface area contributed by atoms with Crippen molar-refractivity contribution in [3.8, 4) is 0 Å². The Kier molecular flexibility index (Phi) is 5.70. The molecule has 0 aromatic carbocycles. The largest absolute Gasteiger partial charge is 0.461 e. The maximum Gasteiger partial charge on any atom is 0.355 e. The molecule has 0 spiro atoms. The number of Topliss-reactive ketones (excluding diaryl/α,β-unsaturated/α-hetero) is 1. The number of hydrogen-bond donors (Lipinski definition) is 0. The molecule has 1 saturated carbocycles. The summed E-state index contributed by atoms with van der Waals surface area (Å²) < 4.78 is 6.97. The van der Waals surface area contributed by atoms with Crippen molar-refractivity contribution in [1.29, 1.82) is 0 Å². The number of amides is 1. The number of carbonyl (C=O) groups excluding carboxylic acids is 3. The van der Waals surface area contributed by atoms with E-state index in [1.165, 1.54) is 4.90 Å². The molecular weight excluding hydrogens is 320 g/mol. The Bertz CT molecular complexity index is 701. The van der Waals surface area contributed by atoms with Crippen LogP contribution in [0.15, 0.2) is 0 Å². The number of hydrogen-bond acceptors (Lipinski definition) is 4. The van der Waals surface area contributed by atoms with Crippen LogP contribution in [0.2, 0.25) is 0 Å². The van der Waals surface area contributed by atoms with Crippen molar-refractivity contribution in [2.24, 2.45) is 5.92 Å². The third-order valence-electron chi connectivity index (χ3n) is 5.03. The van der Waals surface area contributed by atoms with Crippen molar-refractivity contribution in [2.75, 3.05) is 13.7 Å². The minimum absolute atomic E-state index is 0.0247. The topological polar surface area (TPSA) is 68.6 Å². The lowest BCUT2D eigenvalue weighted by molar-refractivity contribution is -0.132. The van der Waals surface area contributed by atoms with Gasteiger partial charge in [0.2, 0.25) is 5.91 Å². The predicted octanol–water partition coefficient (Wildman–Crippen LogP) is 2.74. The van der Waals surface area contributed by atoms with Crippen LogP contribution in [-0.2, 0) is 16.1 Å². The lowest BCUT2D eigenvalue weighted by Crippen LogP contribution is -2.41. The monoisotopic (exact) mass is 348 g/mol. The molecule has 1 aliphatic rings. The highest BCUT2D eigenvalue weighted by atomic mass is 16.5. The second-order valence-corrected chi connectivity index (χ2v) is 6.66. The van der Waals surface area contributed by atoms with E-state index in [1.54, 1.807) is 27.8 Å². The van der Waals surface area contributed by atoms with E-state index >= 15 is 0 Å². The molecule has 0 radical (unpaired) electrons. The van der Waals surface area contributed by atoms with E-state index in [1.807, 2.05) is 18.4 Å². The van der Waals surface area contributed by atoms with Crippen LogP contribution in [0.25, 0.3) is 0 Å². The summed E-state index contributed by atoms with van der Waals surface area (Å²) in [4.78, 5) is 39.2. The first-order valence-corrected chi connectivity index (χ1v) is 8.93. The number of esters is 1.